The van der Waals surface area contributed by atoms with Crippen molar-refractivity contribution in [2.75, 3.05) is 11.9 Å². The smallest absolute Gasteiger partial charge is 0.249 e. The largest absolute Gasteiger partial charge is 0.394 e. The van der Waals surface area contributed by atoms with Crippen LogP contribution < -0.4 is 10.9 Å². The van der Waals surface area contributed by atoms with Gasteiger partial charge >= 0.3 is 0 Å². The molecule has 132 valence electrons. The molecule has 1 aliphatic heterocycles. The Kier molecular flexibility index (Phi) is 4.76. The summed E-state index contributed by atoms with van der Waals surface area (Å²) in [5.74, 6) is 2.45. The molecule has 5 atom stereocenters. The number of aromatic amines is 1. The van der Waals surface area contributed by atoms with Gasteiger partial charge in [-0.1, -0.05) is 5.92 Å². The molecular formula is C17H18N2O6. The van der Waals surface area contributed by atoms with Gasteiger partial charge in [-0.05, 0) is 18.2 Å². The van der Waals surface area contributed by atoms with E-state index in [4.69, 9.17) is 16.3 Å². The maximum absolute atomic E-state index is 11.7. The van der Waals surface area contributed by atoms with Crippen molar-refractivity contribution in [3.63, 3.8) is 0 Å². The van der Waals surface area contributed by atoms with Gasteiger partial charge in [-0.25, -0.2) is 0 Å². The summed E-state index contributed by atoms with van der Waals surface area (Å²) in [4.78, 5) is 14.3. The van der Waals surface area contributed by atoms with Crippen LogP contribution in [0.4, 0.5) is 5.69 Å². The van der Waals surface area contributed by atoms with E-state index in [1.165, 1.54) is 6.07 Å². The molecule has 0 spiro atoms. The van der Waals surface area contributed by atoms with Crippen LogP contribution in [0.2, 0.25) is 0 Å². The van der Waals surface area contributed by atoms with Crippen molar-refractivity contribution in [3.8, 4) is 12.3 Å². The van der Waals surface area contributed by atoms with Crippen LogP contribution in [0.1, 0.15) is 5.56 Å². The third kappa shape index (κ3) is 3.24. The fraction of sp³-hybridized carbons (Fsp3) is 0.353. The Bertz CT molecular complexity index is 874. The molecule has 1 aromatic heterocycles. The van der Waals surface area contributed by atoms with E-state index >= 15 is 0 Å². The normalized spacial score (nSPS) is 29.3. The van der Waals surface area contributed by atoms with E-state index in [1.54, 1.807) is 18.2 Å². The van der Waals surface area contributed by atoms with Gasteiger partial charge in [0.15, 0.2) is 6.29 Å². The summed E-state index contributed by atoms with van der Waals surface area (Å²) in [6.07, 6.45) is 0.154. The lowest BCUT2D eigenvalue weighted by atomic mass is 9.96. The Balaban J connectivity index is 1.90. The van der Waals surface area contributed by atoms with Gasteiger partial charge < -0.3 is 35.5 Å². The van der Waals surface area contributed by atoms with Crippen LogP contribution in [0, 0.1) is 12.3 Å². The second kappa shape index (κ2) is 6.84. The van der Waals surface area contributed by atoms with Crippen LogP contribution in [0.5, 0.6) is 0 Å². The Morgan fingerprint density at radius 3 is 2.68 bits per heavy atom. The number of anilines is 1. The molecule has 0 saturated carbocycles. The molecule has 1 saturated heterocycles. The number of pyridine rings is 1. The average molecular weight is 346 g/mol. The molecular weight excluding hydrogens is 328 g/mol. The predicted molar refractivity (Wildman–Crippen MR) is 89.9 cm³/mol. The fourth-order valence-electron chi connectivity index (χ4n) is 2.91. The first-order valence-corrected chi connectivity index (χ1v) is 7.65. The monoisotopic (exact) mass is 346 g/mol. The summed E-state index contributed by atoms with van der Waals surface area (Å²) in [6.45, 7) is -0.534. The molecule has 8 nitrogen and oxygen atoms in total. The molecule has 1 aliphatic rings. The number of aliphatic hydroxyl groups is 4. The molecule has 0 radical (unpaired) electrons. The van der Waals surface area contributed by atoms with E-state index in [-0.39, 0.29) is 5.56 Å². The van der Waals surface area contributed by atoms with Crippen molar-refractivity contribution in [3.05, 3.63) is 40.2 Å². The highest BCUT2D eigenvalue weighted by atomic mass is 16.6. The third-order valence-corrected chi connectivity index (χ3v) is 4.23. The number of aromatic nitrogens is 1. The fourth-order valence-corrected chi connectivity index (χ4v) is 2.91. The lowest BCUT2D eigenvalue weighted by Gasteiger charge is -2.40. The summed E-state index contributed by atoms with van der Waals surface area (Å²) in [5, 5.41) is 42.7. The summed E-state index contributed by atoms with van der Waals surface area (Å²) < 4.78 is 5.09. The van der Waals surface area contributed by atoms with Gasteiger partial charge in [-0.15, -0.1) is 6.42 Å². The minimum Gasteiger partial charge on any atom is -0.394 e. The Hall–Kier alpha value is -2.41. The average Bonchev–Trinajstić information content (AvgIpc) is 2.60. The first-order valence-electron chi connectivity index (χ1n) is 7.65. The number of rotatable bonds is 3. The molecule has 2 heterocycles. The molecule has 0 bridgehead atoms. The lowest BCUT2D eigenvalue weighted by Crippen LogP contribution is -2.61. The van der Waals surface area contributed by atoms with Gasteiger partial charge in [0.2, 0.25) is 5.56 Å². The maximum atomic E-state index is 11.7. The topological polar surface area (TPSA) is 135 Å². The predicted octanol–water partition coefficient (Wildman–Crippen LogP) is -1.28. The van der Waals surface area contributed by atoms with Crippen molar-refractivity contribution in [2.45, 2.75) is 30.6 Å². The Morgan fingerprint density at radius 1 is 1.24 bits per heavy atom. The zero-order valence-electron chi connectivity index (χ0n) is 13.1. The summed E-state index contributed by atoms with van der Waals surface area (Å²) in [6, 6.07) is 5.24. The number of hydrogen-bond donors (Lipinski definition) is 6. The van der Waals surface area contributed by atoms with Crippen LogP contribution in [0.25, 0.3) is 10.9 Å². The summed E-state index contributed by atoms with van der Waals surface area (Å²) in [5.41, 5.74) is 1.06. The number of H-pyrrole nitrogens is 1. The van der Waals surface area contributed by atoms with Crippen LogP contribution >= 0.6 is 0 Å². The van der Waals surface area contributed by atoms with Crippen LogP contribution in [0.15, 0.2) is 29.1 Å². The number of benzene rings is 1. The van der Waals surface area contributed by atoms with Crippen molar-refractivity contribution >= 4 is 16.6 Å². The Labute approximate surface area is 142 Å². The number of hydrogen-bond acceptors (Lipinski definition) is 7. The van der Waals surface area contributed by atoms with Gasteiger partial charge in [0.1, 0.15) is 24.4 Å². The molecule has 4 unspecified atom stereocenters. The van der Waals surface area contributed by atoms with Gasteiger partial charge in [0.05, 0.1) is 12.1 Å². The van der Waals surface area contributed by atoms with Crippen molar-refractivity contribution in [1.82, 2.24) is 4.98 Å². The Morgan fingerprint density at radius 2 is 2.00 bits per heavy atom. The zero-order chi connectivity index (χ0) is 18.1. The van der Waals surface area contributed by atoms with E-state index < -0.39 is 37.3 Å². The van der Waals surface area contributed by atoms with Crippen molar-refractivity contribution < 1.29 is 25.2 Å². The van der Waals surface area contributed by atoms with Gasteiger partial charge in [0.25, 0.3) is 0 Å². The second-order valence-electron chi connectivity index (χ2n) is 5.85. The number of ether oxygens (including phenoxy) is 1. The quantitative estimate of drug-likeness (QED) is 0.381. The third-order valence-electron chi connectivity index (χ3n) is 4.23. The van der Waals surface area contributed by atoms with Crippen LogP contribution in [-0.2, 0) is 4.74 Å². The SMILES string of the molecule is C#Cc1cc(=O)[nH]c2cc(NC3C(O)OC(CO)[C@@H](O)C3O)ccc12. The maximum Gasteiger partial charge on any atom is 0.249 e. The molecule has 0 aliphatic carbocycles. The van der Waals surface area contributed by atoms with E-state index in [9.17, 15) is 20.1 Å². The van der Waals surface area contributed by atoms with E-state index in [1.807, 2.05) is 0 Å². The minimum absolute atomic E-state index is 0.347. The molecule has 8 heteroatoms. The lowest BCUT2D eigenvalue weighted by molar-refractivity contribution is -0.245. The highest BCUT2D eigenvalue weighted by molar-refractivity contribution is 5.87. The number of aliphatic hydroxyl groups excluding tert-OH is 4. The first-order chi connectivity index (χ1) is 11.9. The summed E-state index contributed by atoms with van der Waals surface area (Å²) in [7, 11) is 0. The zero-order valence-corrected chi connectivity index (χ0v) is 13.1. The molecule has 0 amide bonds. The van der Waals surface area contributed by atoms with Crippen molar-refractivity contribution in [2.24, 2.45) is 0 Å². The molecule has 1 aromatic carbocycles. The van der Waals surface area contributed by atoms with Crippen LogP contribution in [0.3, 0.4) is 0 Å². The number of nitrogens with one attached hydrogen (secondary N) is 2. The number of fused-ring (bicyclic) bond motifs is 1. The standard InChI is InChI=1S/C17H18N2O6/c1-2-8-5-13(21)19-11-6-9(3-4-10(8)11)18-14-16(23)15(22)12(7-20)25-17(14)24/h1,3-6,12,14-18,20,22-24H,7H2,(H,19,21)/t12?,14?,15-,16?,17?/m1/s1. The number of terminal acetylenes is 1. The molecule has 1 fully saturated rings. The first kappa shape index (κ1) is 17.4. The molecule has 6 N–H and O–H groups in total. The van der Waals surface area contributed by atoms with Gasteiger partial charge in [-0.3, -0.25) is 4.79 Å². The van der Waals surface area contributed by atoms with Gasteiger partial charge in [0, 0.05) is 22.7 Å². The minimum atomic E-state index is -1.44. The van der Waals surface area contributed by atoms with E-state index in [2.05, 4.69) is 16.2 Å². The highest BCUT2D eigenvalue weighted by Gasteiger charge is 2.43. The molecule has 2 aromatic rings. The molecule has 25 heavy (non-hydrogen) atoms. The highest BCUT2D eigenvalue weighted by Crippen LogP contribution is 2.25. The van der Waals surface area contributed by atoms with E-state index in [0.717, 1.165) is 0 Å². The van der Waals surface area contributed by atoms with E-state index in [0.29, 0.717) is 22.2 Å². The van der Waals surface area contributed by atoms with Crippen LogP contribution in [-0.4, -0.2) is 62.7 Å². The van der Waals surface area contributed by atoms with Gasteiger partial charge in [-0.2, -0.15) is 0 Å². The summed E-state index contributed by atoms with van der Waals surface area (Å²) >= 11 is 0. The molecule has 3 rings (SSSR count). The second-order valence-corrected chi connectivity index (χ2v) is 5.85. The van der Waals surface area contributed by atoms with Crippen molar-refractivity contribution in [1.29, 1.82) is 0 Å².